The van der Waals surface area contributed by atoms with Gasteiger partial charge in [-0.3, -0.25) is 0 Å². The van der Waals surface area contributed by atoms with Crippen molar-refractivity contribution in [2.24, 2.45) is 0 Å². The van der Waals surface area contributed by atoms with Gasteiger partial charge in [-0.25, -0.2) is 4.39 Å². The van der Waals surface area contributed by atoms with Crippen LogP contribution in [-0.4, -0.2) is 5.11 Å². The summed E-state index contributed by atoms with van der Waals surface area (Å²) >= 11 is 6.61. The van der Waals surface area contributed by atoms with Gasteiger partial charge in [-0.1, -0.05) is 34.1 Å². The number of aliphatic hydroxyl groups excluding tert-OH is 1. The Kier molecular flexibility index (Phi) is 4.76. The van der Waals surface area contributed by atoms with E-state index in [-0.39, 0.29) is 5.82 Å². The van der Waals surface area contributed by atoms with Crippen LogP contribution in [0.1, 0.15) is 22.8 Å². The summed E-state index contributed by atoms with van der Waals surface area (Å²) in [6, 6.07) is 10.6. The van der Waals surface area contributed by atoms with E-state index < -0.39 is 6.10 Å². The summed E-state index contributed by atoms with van der Waals surface area (Å²) in [6.07, 6.45) is -0.286. The summed E-state index contributed by atoms with van der Waals surface area (Å²) in [4.78, 5) is 0. The van der Waals surface area contributed by atoms with E-state index in [4.69, 9.17) is 0 Å². The van der Waals surface area contributed by atoms with Gasteiger partial charge in [0.15, 0.2) is 0 Å². The molecule has 2 rings (SSSR count). The normalized spacial score (nSPS) is 12.5. The molecule has 0 aliphatic heterocycles. The third-order valence-corrected chi connectivity index (χ3v) is 4.43. The van der Waals surface area contributed by atoms with E-state index in [0.717, 1.165) is 21.2 Å². The molecule has 100 valence electrons. The molecule has 1 N–H and O–H groups in total. The van der Waals surface area contributed by atoms with Gasteiger partial charge < -0.3 is 5.11 Å². The van der Waals surface area contributed by atoms with Gasteiger partial charge in [-0.05, 0) is 57.7 Å². The molecule has 4 heteroatoms. The highest BCUT2D eigenvalue weighted by molar-refractivity contribution is 9.10. The van der Waals surface area contributed by atoms with Crippen molar-refractivity contribution < 1.29 is 9.50 Å². The van der Waals surface area contributed by atoms with Crippen molar-refractivity contribution in [1.29, 1.82) is 0 Å². The van der Waals surface area contributed by atoms with E-state index >= 15 is 0 Å². The molecular formula is C15H13Br2FO. The molecule has 0 radical (unpaired) electrons. The molecular weight excluding hydrogens is 375 g/mol. The van der Waals surface area contributed by atoms with Crippen molar-refractivity contribution in [3.8, 4) is 0 Å². The van der Waals surface area contributed by atoms with E-state index in [9.17, 15) is 9.50 Å². The topological polar surface area (TPSA) is 20.2 Å². The van der Waals surface area contributed by atoms with Crippen molar-refractivity contribution in [3.63, 3.8) is 0 Å². The lowest BCUT2D eigenvalue weighted by Gasteiger charge is -2.15. The number of hydrogen-bond donors (Lipinski definition) is 1. The van der Waals surface area contributed by atoms with Gasteiger partial charge in [0.05, 0.1) is 10.6 Å². The molecule has 0 aromatic heterocycles. The number of aliphatic hydroxyl groups is 1. The molecule has 1 atom stereocenters. The van der Waals surface area contributed by atoms with Crippen LogP contribution in [0.25, 0.3) is 0 Å². The predicted molar refractivity (Wildman–Crippen MR) is 81.6 cm³/mol. The first kappa shape index (κ1) is 14.7. The first-order chi connectivity index (χ1) is 8.99. The molecule has 0 spiro atoms. The Balaban J connectivity index is 2.28. The van der Waals surface area contributed by atoms with E-state index in [1.807, 2.05) is 31.2 Å². The van der Waals surface area contributed by atoms with Crippen LogP contribution in [0.4, 0.5) is 4.39 Å². The van der Waals surface area contributed by atoms with Crippen LogP contribution in [0, 0.1) is 12.7 Å². The van der Waals surface area contributed by atoms with Crippen molar-refractivity contribution in [1.82, 2.24) is 0 Å². The van der Waals surface area contributed by atoms with Gasteiger partial charge in [-0.15, -0.1) is 0 Å². The number of halogens is 3. The van der Waals surface area contributed by atoms with Gasteiger partial charge >= 0.3 is 0 Å². The summed E-state index contributed by atoms with van der Waals surface area (Å²) in [6.45, 7) is 1.95. The second kappa shape index (κ2) is 6.16. The lowest BCUT2D eigenvalue weighted by molar-refractivity contribution is 0.177. The Labute approximate surface area is 128 Å². The first-order valence-electron chi connectivity index (χ1n) is 5.86. The largest absolute Gasteiger partial charge is 0.388 e. The van der Waals surface area contributed by atoms with Crippen LogP contribution in [0.5, 0.6) is 0 Å². The monoisotopic (exact) mass is 386 g/mol. The molecule has 19 heavy (non-hydrogen) atoms. The number of hydrogen-bond acceptors (Lipinski definition) is 1. The van der Waals surface area contributed by atoms with E-state index in [1.165, 1.54) is 6.07 Å². The standard InChI is InChI=1S/C15H13Br2FO/c1-9-5-6-11(16)8-12(9)14(19)7-10-3-2-4-13(18)15(10)17/h2-6,8,14,19H,7H2,1H3. The van der Waals surface area contributed by atoms with Gasteiger partial charge in [0, 0.05) is 10.9 Å². The fourth-order valence-electron chi connectivity index (χ4n) is 1.99. The SMILES string of the molecule is Cc1ccc(Br)cc1C(O)Cc1cccc(F)c1Br. The molecule has 2 aromatic carbocycles. The molecule has 1 nitrogen and oxygen atoms in total. The van der Waals surface area contributed by atoms with Crippen molar-refractivity contribution >= 4 is 31.9 Å². The Hall–Kier alpha value is -0.710. The minimum Gasteiger partial charge on any atom is -0.388 e. The molecule has 0 aliphatic carbocycles. The van der Waals surface area contributed by atoms with Crippen LogP contribution in [-0.2, 0) is 6.42 Å². The van der Waals surface area contributed by atoms with E-state index in [2.05, 4.69) is 31.9 Å². The molecule has 0 fully saturated rings. The lowest BCUT2D eigenvalue weighted by atomic mass is 9.98. The smallest absolute Gasteiger partial charge is 0.137 e. The summed E-state index contributed by atoms with van der Waals surface area (Å²) < 4.78 is 14.8. The van der Waals surface area contributed by atoms with Crippen LogP contribution in [0.2, 0.25) is 0 Å². The summed E-state index contributed by atoms with van der Waals surface area (Å²) in [5.74, 6) is -0.310. The second-order valence-corrected chi connectivity index (χ2v) is 6.14. The highest BCUT2D eigenvalue weighted by Gasteiger charge is 2.14. The van der Waals surface area contributed by atoms with Crippen LogP contribution in [0.3, 0.4) is 0 Å². The van der Waals surface area contributed by atoms with Crippen LogP contribution < -0.4 is 0 Å². The highest BCUT2D eigenvalue weighted by Crippen LogP contribution is 2.28. The number of benzene rings is 2. The molecule has 0 saturated carbocycles. The number of rotatable bonds is 3. The van der Waals surface area contributed by atoms with Gasteiger partial charge in [-0.2, -0.15) is 0 Å². The van der Waals surface area contributed by atoms with Gasteiger partial charge in [0.2, 0.25) is 0 Å². The molecule has 0 aliphatic rings. The maximum Gasteiger partial charge on any atom is 0.137 e. The van der Waals surface area contributed by atoms with Gasteiger partial charge in [0.1, 0.15) is 5.82 Å². The Morgan fingerprint density at radius 2 is 1.95 bits per heavy atom. The Bertz CT molecular complexity index is 599. The summed E-state index contributed by atoms with van der Waals surface area (Å²) in [5, 5.41) is 10.3. The minimum atomic E-state index is -0.657. The molecule has 0 amide bonds. The average molecular weight is 388 g/mol. The third-order valence-electron chi connectivity index (χ3n) is 3.05. The first-order valence-corrected chi connectivity index (χ1v) is 7.44. The fourth-order valence-corrected chi connectivity index (χ4v) is 2.80. The summed E-state index contributed by atoms with van der Waals surface area (Å²) in [7, 11) is 0. The average Bonchev–Trinajstić information content (AvgIpc) is 2.38. The molecule has 2 aromatic rings. The minimum absolute atomic E-state index is 0.310. The fraction of sp³-hybridized carbons (Fsp3) is 0.200. The quantitative estimate of drug-likeness (QED) is 0.791. The van der Waals surface area contributed by atoms with Crippen molar-refractivity contribution in [3.05, 3.63) is 67.9 Å². The maximum absolute atomic E-state index is 13.4. The molecule has 0 bridgehead atoms. The van der Waals surface area contributed by atoms with E-state index in [1.54, 1.807) is 6.07 Å². The van der Waals surface area contributed by atoms with Crippen LogP contribution >= 0.6 is 31.9 Å². The molecule has 1 unspecified atom stereocenters. The third kappa shape index (κ3) is 3.44. The predicted octanol–water partition coefficient (Wildman–Crippen LogP) is 4.94. The Morgan fingerprint density at radius 3 is 2.68 bits per heavy atom. The highest BCUT2D eigenvalue weighted by atomic mass is 79.9. The molecule has 0 saturated heterocycles. The van der Waals surface area contributed by atoms with Crippen molar-refractivity contribution in [2.75, 3.05) is 0 Å². The number of aryl methyl sites for hydroxylation is 1. The lowest BCUT2D eigenvalue weighted by Crippen LogP contribution is -2.05. The molecule has 0 heterocycles. The zero-order chi connectivity index (χ0) is 14.0. The maximum atomic E-state index is 13.4. The summed E-state index contributed by atoms with van der Waals surface area (Å²) in [5.41, 5.74) is 2.63. The zero-order valence-electron chi connectivity index (χ0n) is 10.3. The Morgan fingerprint density at radius 1 is 1.21 bits per heavy atom. The van der Waals surface area contributed by atoms with Gasteiger partial charge in [0.25, 0.3) is 0 Å². The second-order valence-electron chi connectivity index (χ2n) is 4.43. The van der Waals surface area contributed by atoms with E-state index in [0.29, 0.717) is 10.9 Å². The zero-order valence-corrected chi connectivity index (χ0v) is 13.5. The van der Waals surface area contributed by atoms with Crippen molar-refractivity contribution in [2.45, 2.75) is 19.4 Å². The van der Waals surface area contributed by atoms with Crippen LogP contribution in [0.15, 0.2) is 45.3 Å².